The molecule has 0 saturated heterocycles. The Bertz CT molecular complexity index is 904. The summed E-state index contributed by atoms with van der Waals surface area (Å²) < 4.78 is 39.8. The van der Waals surface area contributed by atoms with Crippen LogP contribution in [-0.2, 0) is 6.18 Å². The van der Waals surface area contributed by atoms with Crippen LogP contribution in [0, 0.1) is 0 Å². The first-order valence-corrected chi connectivity index (χ1v) is 6.18. The zero-order valence-electron chi connectivity index (χ0n) is 11.0. The summed E-state index contributed by atoms with van der Waals surface area (Å²) >= 11 is 0. The fourth-order valence-electron chi connectivity index (χ4n) is 2.16. The highest BCUT2D eigenvalue weighted by Crippen LogP contribution is 2.32. The van der Waals surface area contributed by atoms with Crippen LogP contribution in [0.25, 0.3) is 16.6 Å². The highest BCUT2D eigenvalue weighted by molar-refractivity contribution is 5.89. The van der Waals surface area contributed by atoms with Crippen molar-refractivity contribution in [2.75, 3.05) is 5.73 Å². The van der Waals surface area contributed by atoms with E-state index in [4.69, 9.17) is 5.73 Å². The van der Waals surface area contributed by atoms with Gasteiger partial charge >= 0.3 is 11.9 Å². The third-order valence-corrected chi connectivity index (χ3v) is 3.15. The Morgan fingerprint density at radius 3 is 2.59 bits per heavy atom. The zero-order chi connectivity index (χ0) is 15.9. The minimum Gasteiger partial charge on any atom is -0.383 e. The van der Waals surface area contributed by atoms with Crippen molar-refractivity contribution in [3.05, 3.63) is 58.8 Å². The lowest BCUT2D eigenvalue weighted by Crippen LogP contribution is -2.23. The van der Waals surface area contributed by atoms with E-state index in [1.54, 1.807) is 12.1 Å². The number of nitrogen functional groups attached to an aromatic ring is 1. The van der Waals surface area contributed by atoms with Crippen molar-refractivity contribution in [1.82, 2.24) is 14.5 Å². The molecule has 22 heavy (non-hydrogen) atoms. The number of halogens is 3. The van der Waals surface area contributed by atoms with Gasteiger partial charge in [0.15, 0.2) is 0 Å². The third kappa shape index (κ3) is 2.28. The maximum Gasteiger partial charge on any atom is 0.416 e. The van der Waals surface area contributed by atoms with Gasteiger partial charge in [0.2, 0.25) is 0 Å². The molecule has 0 aliphatic heterocycles. The van der Waals surface area contributed by atoms with Crippen LogP contribution in [0.15, 0.2) is 47.5 Å². The molecule has 0 amide bonds. The van der Waals surface area contributed by atoms with E-state index in [1.165, 1.54) is 18.5 Å². The van der Waals surface area contributed by atoms with Gasteiger partial charge in [-0.3, -0.25) is 9.55 Å². The number of rotatable bonds is 1. The molecule has 3 aromatic rings. The average molecular weight is 306 g/mol. The van der Waals surface area contributed by atoms with Crippen LogP contribution in [0.1, 0.15) is 5.56 Å². The molecule has 0 radical (unpaired) electrons. The number of pyridine rings is 1. The Morgan fingerprint density at radius 2 is 1.95 bits per heavy atom. The van der Waals surface area contributed by atoms with Gasteiger partial charge in [0, 0.05) is 11.6 Å². The summed E-state index contributed by atoms with van der Waals surface area (Å²) in [6, 6.07) is 6.09. The molecule has 0 aliphatic rings. The first-order chi connectivity index (χ1) is 10.4. The van der Waals surface area contributed by atoms with Crippen LogP contribution in [-0.4, -0.2) is 14.5 Å². The molecular formula is C14H9F3N4O. The average Bonchev–Trinajstić information content (AvgIpc) is 2.47. The van der Waals surface area contributed by atoms with Crippen LogP contribution in [0.2, 0.25) is 0 Å². The predicted octanol–water partition coefficient (Wildman–Crippen LogP) is 2.38. The quantitative estimate of drug-likeness (QED) is 0.749. The fraction of sp³-hybridized carbons (Fsp3) is 0.0714. The Hall–Kier alpha value is -2.90. The van der Waals surface area contributed by atoms with Gasteiger partial charge in [0.1, 0.15) is 5.82 Å². The van der Waals surface area contributed by atoms with E-state index in [0.717, 1.165) is 16.7 Å². The number of hydrogen-bond donors (Lipinski definition) is 1. The van der Waals surface area contributed by atoms with Crippen molar-refractivity contribution in [2.45, 2.75) is 6.18 Å². The molecule has 0 bridgehead atoms. The summed E-state index contributed by atoms with van der Waals surface area (Å²) in [6.45, 7) is 0. The molecule has 2 aromatic heterocycles. The first-order valence-electron chi connectivity index (χ1n) is 6.18. The van der Waals surface area contributed by atoms with Crippen LogP contribution in [0.5, 0.6) is 0 Å². The van der Waals surface area contributed by atoms with Crippen LogP contribution in [0.3, 0.4) is 0 Å². The standard InChI is InChI=1S/C14H9F3N4O/c15-14(16,17)8-3-4-10-11(6-8)21(13(22)20-12(10)18)9-2-1-5-19-7-9/h1-7H,(H2,18,20,22). The minimum absolute atomic E-state index is 0.0281. The Morgan fingerprint density at radius 1 is 1.18 bits per heavy atom. The van der Waals surface area contributed by atoms with Gasteiger partial charge in [-0.25, -0.2) is 4.79 Å². The normalized spacial score (nSPS) is 11.8. The number of fused-ring (bicyclic) bond motifs is 1. The molecule has 0 unspecified atom stereocenters. The minimum atomic E-state index is -4.53. The molecule has 112 valence electrons. The topological polar surface area (TPSA) is 73.8 Å². The number of benzene rings is 1. The SMILES string of the molecule is Nc1nc(=O)n(-c2cccnc2)c2cc(C(F)(F)F)ccc12. The van der Waals surface area contributed by atoms with E-state index in [9.17, 15) is 18.0 Å². The summed E-state index contributed by atoms with van der Waals surface area (Å²) in [4.78, 5) is 19.6. The lowest BCUT2D eigenvalue weighted by Gasteiger charge is -2.13. The van der Waals surface area contributed by atoms with Crippen molar-refractivity contribution >= 4 is 16.7 Å². The lowest BCUT2D eigenvalue weighted by molar-refractivity contribution is -0.137. The molecule has 0 spiro atoms. The highest BCUT2D eigenvalue weighted by Gasteiger charge is 2.31. The molecule has 5 nitrogen and oxygen atoms in total. The van der Waals surface area contributed by atoms with E-state index in [2.05, 4.69) is 9.97 Å². The van der Waals surface area contributed by atoms with E-state index in [-0.39, 0.29) is 16.7 Å². The van der Waals surface area contributed by atoms with Crippen LogP contribution in [0.4, 0.5) is 19.0 Å². The van der Waals surface area contributed by atoms with E-state index in [1.807, 2.05) is 0 Å². The summed E-state index contributed by atoms with van der Waals surface area (Å²) in [6.07, 6.45) is -1.68. The number of anilines is 1. The number of alkyl halides is 3. The number of nitrogens with zero attached hydrogens (tertiary/aromatic N) is 3. The van der Waals surface area contributed by atoms with Crippen molar-refractivity contribution in [3.63, 3.8) is 0 Å². The predicted molar refractivity (Wildman–Crippen MR) is 74.5 cm³/mol. The second-order valence-corrected chi connectivity index (χ2v) is 4.56. The van der Waals surface area contributed by atoms with Crippen molar-refractivity contribution < 1.29 is 13.2 Å². The Labute approximate surface area is 121 Å². The summed E-state index contributed by atoms with van der Waals surface area (Å²) in [7, 11) is 0. The van der Waals surface area contributed by atoms with Gasteiger partial charge in [0.25, 0.3) is 0 Å². The third-order valence-electron chi connectivity index (χ3n) is 3.15. The number of aromatic nitrogens is 3. The van der Waals surface area contributed by atoms with E-state index < -0.39 is 17.4 Å². The number of nitrogens with two attached hydrogens (primary N) is 1. The van der Waals surface area contributed by atoms with Gasteiger partial charge in [-0.1, -0.05) is 0 Å². The molecule has 3 rings (SSSR count). The molecule has 0 saturated carbocycles. The molecule has 8 heteroatoms. The van der Waals surface area contributed by atoms with E-state index in [0.29, 0.717) is 5.69 Å². The fourth-order valence-corrected chi connectivity index (χ4v) is 2.16. The molecule has 2 heterocycles. The van der Waals surface area contributed by atoms with Crippen molar-refractivity contribution in [1.29, 1.82) is 0 Å². The monoisotopic (exact) mass is 306 g/mol. The summed E-state index contributed by atoms with van der Waals surface area (Å²) in [5.41, 5.74) is 4.34. The van der Waals surface area contributed by atoms with Gasteiger partial charge in [-0.05, 0) is 30.3 Å². The van der Waals surface area contributed by atoms with Crippen LogP contribution < -0.4 is 11.4 Å². The van der Waals surface area contributed by atoms with Gasteiger partial charge in [-0.15, -0.1) is 0 Å². The van der Waals surface area contributed by atoms with Gasteiger partial charge < -0.3 is 5.73 Å². The summed E-state index contributed by atoms with van der Waals surface area (Å²) in [5.74, 6) is -0.117. The smallest absolute Gasteiger partial charge is 0.383 e. The summed E-state index contributed by atoms with van der Waals surface area (Å²) in [5, 5.41) is 0.261. The largest absolute Gasteiger partial charge is 0.416 e. The van der Waals surface area contributed by atoms with Gasteiger partial charge in [-0.2, -0.15) is 18.2 Å². The van der Waals surface area contributed by atoms with Crippen molar-refractivity contribution in [3.8, 4) is 5.69 Å². The molecule has 2 N–H and O–H groups in total. The zero-order valence-corrected chi connectivity index (χ0v) is 11.0. The highest BCUT2D eigenvalue weighted by atomic mass is 19.4. The Kier molecular flexibility index (Phi) is 3.09. The molecule has 0 aliphatic carbocycles. The maximum absolute atomic E-state index is 12.9. The molecular weight excluding hydrogens is 297 g/mol. The molecule has 0 atom stereocenters. The maximum atomic E-state index is 12.9. The Balaban J connectivity index is 2.42. The molecule has 1 aromatic carbocycles. The van der Waals surface area contributed by atoms with Crippen LogP contribution >= 0.6 is 0 Å². The first kappa shape index (κ1) is 14.1. The number of hydrogen-bond acceptors (Lipinski definition) is 4. The lowest BCUT2D eigenvalue weighted by atomic mass is 10.1. The molecule has 0 fully saturated rings. The second-order valence-electron chi connectivity index (χ2n) is 4.56. The van der Waals surface area contributed by atoms with Crippen molar-refractivity contribution in [2.24, 2.45) is 0 Å². The van der Waals surface area contributed by atoms with Gasteiger partial charge in [0.05, 0.1) is 23.0 Å². The van der Waals surface area contributed by atoms with E-state index >= 15 is 0 Å². The second kappa shape index (κ2) is 4.83.